The lowest BCUT2D eigenvalue weighted by Crippen LogP contribution is -2.36. The summed E-state index contributed by atoms with van der Waals surface area (Å²) >= 11 is 7.30. The van der Waals surface area contributed by atoms with Gasteiger partial charge in [0.25, 0.3) is 5.91 Å². The summed E-state index contributed by atoms with van der Waals surface area (Å²) in [6.07, 6.45) is 0.730. The number of nitrogens with one attached hydrogen (secondary N) is 2. The van der Waals surface area contributed by atoms with Gasteiger partial charge in [0.1, 0.15) is 10.7 Å². The van der Waals surface area contributed by atoms with Crippen LogP contribution in [0.2, 0.25) is 5.02 Å². The highest BCUT2D eigenvalue weighted by molar-refractivity contribution is 7.09. The molecule has 0 fully saturated rings. The van der Waals surface area contributed by atoms with E-state index in [4.69, 9.17) is 21.1 Å². The highest BCUT2D eigenvalue weighted by Crippen LogP contribution is 2.17. The van der Waals surface area contributed by atoms with E-state index in [1.54, 1.807) is 48.8 Å². The van der Waals surface area contributed by atoms with Gasteiger partial charge in [0.05, 0.1) is 13.2 Å². The molecule has 29 heavy (non-hydrogen) atoms. The first-order chi connectivity index (χ1) is 14.0. The van der Waals surface area contributed by atoms with E-state index in [9.17, 15) is 9.59 Å². The normalized spacial score (nSPS) is 10.6. The van der Waals surface area contributed by atoms with E-state index in [1.165, 1.54) is 11.3 Å². The number of urea groups is 1. The second kappa shape index (κ2) is 12.4. The lowest BCUT2D eigenvalue weighted by molar-refractivity contribution is 0.0944. The van der Waals surface area contributed by atoms with Crippen LogP contribution < -0.4 is 10.6 Å². The Labute approximate surface area is 179 Å². The number of halogens is 1. The van der Waals surface area contributed by atoms with Gasteiger partial charge in [-0.25, -0.2) is 9.78 Å². The molecule has 0 radical (unpaired) electrons. The molecule has 2 rings (SSSR count). The summed E-state index contributed by atoms with van der Waals surface area (Å²) in [7, 11) is 3.19. The fourth-order valence-electron chi connectivity index (χ4n) is 2.38. The quantitative estimate of drug-likeness (QED) is 0.523. The lowest BCUT2D eigenvalue weighted by Gasteiger charge is -2.21. The molecule has 0 saturated heterocycles. The number of thiazole rings is 1. The molecule has 2 aromatic rings. The molecule has 1 aromatic heterocycles. The molecular formula is C19H25ClN4O4S. The minimum absolute atomic E-state index is 0.240. The predicted octanol–water partition coefficient (Wildman–Crippen LogP) is 3.24. The molecule has 0 aliphatic rings. The third kappa shape index (κ3) is 7.98. The molecule has 2 N–H and O–H groups in total. The second-order valence-corrected chi connectivity index (χ2v) is 7.46. The van der Waals surface area contributed by atoms with E-state index in [2.05, 4.69) is 15.6 Å². The molecule has 1 aromatic carbocycles. The monoisotopic (exact) mass is 440 g/mol. The van der Waals surface area contributed by atoms with Crippen molar-refractivity contribution >= 4 is 40.6 Å². The Hall–Kier alpha value is -2.20. The fourth-order valence-corrected chi connectivity index (χ4v) is 3.36. The van der Waals surface area contributed by atoms with Crippen LogP contribution in [0.4, 0.5) is 10.5 Å². The Morgan fingerprint density at radius 3 is 2.76 bits per heavy atom. The van der Waals surface area contributed by atoms with Crippen LogP contribution in [-0.4, -0.2) is 62.3 Å². The van der Waals surface area contributed by atoms with Crippen molar-refractivity contribution in [3.05, 3.63) is 45.4 Å². The van der Waals surface area contributed by atoms with Crippen LogP contribution in [0.3, 0.4) is 0 Å². The summed E-state index contributed by atoms with van der Waals surface area (Å²) in [5.74, 6) is -0.240. The van der Waals surface area contributed by atoms with Crippen molar-refractivity contribution in [1.29, 1.82) is 0 Å². The Bertz CT molecular complexity index is 802. The Morgan fingerprint density at radius 1 is 1.24 bits per heavy atom. The molecule has 0 atom stereocenters. The van der Waals surface area contributed by atoms with Crippen molar-refractivity contribution in [2.45, 2.75) is 13.0 Å². The van der Waals surface area contributed by atoms with E-state index >= 15 is 0 Å². The van der Waals surface area contributed by atoms with E-state index in [0.717, 1.165) is 6.42 Å². The molecule has 0 aliphatic carbocycles. The van der Waals surface area contributed by atoms with Crippen LogP contribution in [0.1, 0.15) is 21.9 Å². The van der Waals surface area contributed by atoms with Crippen molar-refractivity contribution in [2.75, 3.05) is 45.8 Å². The van der Waals surface area contributed by atoms with Crippen LogP contribution in [0.15, 0.2) is 29.6 Å². The van der Waals surface area contributed by atoms with Gasteiger partial charge in [-0.05, 0) is 24.6 Å². The number of aromatic nitrogens is 1. The van der Waals surface area contributed by atoms with E-state index in [1.807, 2.05) is 0 Å². The zero-order chi connectivity index (χ0) is 21.1. The third-order valence-corrected chi connectivity index (χ3v) is 4.92. The van der Waals surface area contributed by atoms with Gasteiger partial charge in [-0.1, -0.05) is 17.7 Å². The number of hydrogen-bond acceptors (Lipinski definition) is 6. The zero-order valence-corrected chi connectivity index (χ0v) is 18.0. The molecule has 0 aliphatic heterocycles. The van der Waals surface area contributed by atoms with Crippen molar-refractivity contribution in [3.8, 4) is 0 Å². The first-order valence-corrected chi connectivity index (χ1v) is 10.3. The Morgan fingerprint density at radius 2 is 2.03 bits per heavy atom. The maximum Gasteiger partial charge on any atom is 0.322 e. The molecular weight excluding hydrogens is 416 g/mol. The van der Waals surface area contributed by atoms with Crippen molar-refractivity contribution in [1.82, 2.24) is 15.2 Å². The van der Waals surface area contributed by atoms with Crippen LogP contribution >= 0.6 is 22.9 Å². The minimum atomic E-state index is -0.301. The van der Waals surface area contributed by atoms with Crippen LogP contribution in [-0.2, 0) is 16.0 Å². The molecule has 8 nitrogen and oxygen atoms in total. The number of benzene rings is 1. The third-order valence-electron chi connectivity index (χ3n) is 3.85. The van der Waals surface area contributed by atoms with Gasteiger partial charge in [0.15, 0.2) is 0 Å². The molecule has 10 heteroatoms. The van der Waals surface area contributed by atoms with Gasteiger partial charge in [-0.2, -0.15) is 0 Å². The molecule has 0 bridgehead atoms. The number of amides is 3. The Kier molecular flexibility index (Phi) is 9.85. The van der Waals surface area contributed by atoms with Crippen LogP contribution in [0.25, 0.3) is 0 Å². The number of rotatable bonds is 11. The standard InChI is InChI=1S/C19H25ClN4O4S/c1-27-9-4-7-21-18(25)16-13-29-17(23-16)12-24(8-10-28-2)19(26)22-15-6-3-5-14(20)11-15/h3,5-6,11,13H,4,7-10,12H2,1-2H3,(H,21,25)(H,22,26). The topological polar surface area (TPSA) is 92.8 Å². The first kappa shape index (κ1) is 23.1. The predicted molar refractivity (Wildman–Crippen MR) is 114 cm³/mol. The number of hydrogen-bond donors (Lipinski definition) is 2. The van der Waals surface area contributed by atoms with Gasteiger partial charge < -0.3 is 25.0 Å². The summed E-state index contributed by atoms with van der Waals surface area (Å²) in [6, 6.07) is 6.62. The number of carbonyl (C=O) groups is 2. The van der Waals surface area contributed by atoms with E-state index < -0.39 is 0 Å². The minimum Gasteiger partial charge on any atom is -0.385 e. The first-order valence-electron chi connectivity index (χ1n) is 9.05. The summed E-state index contributed by atoms with van der Waals surface area (Å²) in [5.41, 5.74) is 0.935. The maximum absolute atomic E-state index is 12.7. The van der Waals surface area contributed by atoms with Crippen molar-refractivity contribution in [2.24, 2.45) is 0 Å². The van der Waals surface area contributed by atoms with Gasteiger partial charge >= 0.3 is 6.03 Å². The summed E-state index contributed by atoms with van der Waals surface area (Å²) in [6.45, 7) is 2.11. The van der Waals surface area contributed by atoms with Crippen LogP contribution in [0, 0.1) is 0 Å². The Balaban J connectivity index is 1.97. The largest absolute Gasteiger partial charge is 0.385 e. The summed E-state index contributed by atoms with van der Waals surface area (Å²) in [5, 5.41) is 8.49. The average molecular weight is 441 g/mol. The molecule has 1 heterocycles. The number of nitrogens with zero attached hydrogens (tertiary/aromatic N) is 2. The van der Waals surface area contributed by atoms with Gasteiger partial charge in [0.2, 0.25) is 0 Å². The molecule has 0 saturated carbocycles. The van der Waals surface area contributed by atoms with E-state index in [0.29, 0.717) is 47.7 Å². The number of ether oxygens (including phenoxy) is 2. The molecule has 0 spiro atoms. The van der Waals surface area contributed by atoms with Gasteiger partial charge in [-0.15, -0.1) is 11.3 Å². The second-order valence-electron chi connectivity index (χ2n) is 6.08. The molecule has 158 valence electrons. The van der Waals surface area contributed by atoms with Gasteiger partial charge in [-0.3, -0.25) is 4.79 Å². The number of methoxy groups -OCH3 is 2. The number of carbonyl (C=O) groups excluding carboxylic acids is 2. The van der Waals surface area contributed by atoms with Crippen LogP contribution in [0.5, 0.6) is 0 Å². The van der Waals surface area contributed by atoms with Gasteiger partial charge in [0, 0.05) is 50.0 Å². The smallest absolute Gasteiger partial charge is 0.322 e. The summed E-state index contributed by atoms with van der Waals surface area (Å²) < 4.78 is 10.1. The van der Waals surface area contributed by atoms with E-state index in [-0.39, 0.29) is 18.5 Å². The fraction of sp³-hybridized carbons (Fsp3) is 0.421. The maximum atomic E-state index is 12.7. The molecule has 0 unspecified atom stereocenters. The highest BCUT2D eigenvalue weighted by atomic mass is 35.5. The highest BCUT2D eigenvalue weighted by Gasteiger charge is 2.18. The average Bonchev–Trinajstić information content (AvgIpc) is 3.17. The molecule has 3 amide bonds. The summed E-state index contributed by atoms with van der Waals surface area (Å²) in [4.78, 5) is 30.8. The van der Waals surface area contributed by atoms with Crippen molar-refractivity contribution < 1.29 is 19.1 Å². The SMILES string of the molecule is COCCCNC(=O)c1csc(CN(CCOC)C(=O)Nc2cccc(Cl)c2)n1. The zero-order valence-electron chi connectivity index (χ0n) is 16.4. The number of anilines is 1. The van der Waals surface area contributed by atoms with Crippen molar-refractivity contribution in [3.63, 3.8) is 0 Å². The lowest BCUT2D eigenvalue weighted by atomic mass is 10.3.